The Balaban J connectivity index is 0.000000320. The van der Waals surface area contributed by atoms with Crippen molar-refractivity contribution in [2.24, 2.45) is 0 Å². The van der Waals surface area contributed by atoms with Gasteiger partial charge in [-0.25, -0.2) is 0 Å². The molecule has 2 rings (SSSR count). The first-order chi connectivity index (χ1) is 14.8. The van der Waals surface area contributed by atoms with Gasteiger partial charge in [0.25, 0.3) is 23.0 Å². The summed E-state index contributed by atoms with van der Waals surface area (Å²) in [4.78, 5) is 40.5. The molecule has 2 aromatic rings. The first-order valence-corrected chi connectivity index (χ1v) is 9.13. The number of amides is 1. The molecule has 32 heavy (non-hydrogen) atoms. The number of aryl methyl sites for hydroxylation is 1. The van der Waals surface area contributed by atoms with Crippen molar-refractivity contribution in [3.8, 4) is 5.75 Å². The zero-order valence-corrected chi connectivity index (χ0v) is 17.9. The lowest BCUT2D eigenvalue weighted by Gasteiger charge is -2.18. The number of carbonyl (C=O) groups excluding carboxylic acids is 1. The van der Waals surface area contributed by atoms with E-state index >= 15 is 0 Å². The monoisotopic (exact) mass is 454 g/mol. The fourth-order valence-electron chi connectivity index (χ4n) is 2.55. The Morgan fingerprint density at radius 1 is 1.09 bits per heavy atom. The van der Waals surface area contributed by atoms with Crippen LogP contribution in [0.2, 0.25) is 0 Å². The Bertz CT molecular complexity index is 999. The number of benzene rings is 1. The summed E-state index contributed by atoms with van der Waals surface area (Å²) in [6.07, 6.45) is 0.792. The number of quaternary nitrogens is 1. The third-order valence-corrected chi connectivity index (χ3v) is 4.45. The SMILES string of the molecule is CCC(C(=O)Nc1onc(C)c1C)[NH+](C)C.O=[N+]([O-])c1cc([N+](=O)[O-])c([O-])c([N+](=O)[O-])c1. The summed E-state index contributed by atoms with van der Waals surface area (Å²) in [5, 5.41) is 48.7. The zero-order valence-electron chi connectivity index (χ0n) is 17.9. The van der Waals surface area contributed by atoms with E-state index < -0.39 is 37.6 Å². The first kappa shape index (κ1) is 25.9. The highest BCUT2D eigenvalue weighted by molar-refractivity contribution is 5.93. The summed E-state index contributed by atoms with van der Waals surface area (Å²) in [5.74, 6) is -1.02. The molecular weight excluding hydrogens is 432 g/mol. The van der Waals surface area contributed by atoms with E-state index in [0.717, 1.165) is 22.6 Å². The molecule has 0 aliphatic heterocycles. The van der Waals surface area contributed by atoms with Gasteiger partial charge in [-0.3, -0.25) is 40.5 Å². The predicted molar refractivity (Wildman–Crippen MR) is 107 cm³/mol. The standard InChI is InChI=1S/C11H19N3O2.C6H3N3O7/c1-6-9(14(4)5)10(15)12-11-7(2)8(3)13-16-11;10-6-4(8(13)14)1-3(7(11)12)2-5(6)9(15)16/h9H,6H2,1-5H3,(H,12,15);1-2,10H. The van der Waals surface area contributed by atoms with E-state index in [1.54, 1.807) is 0 Å². The maximum absolute atomic E-state index is 11.9. The van der Waals surface area contributed by atoms with Crippen LogP contribution in [-0.4, -0.2) is 46.0 Å². The molecule has 0 radical (unpaired) electrons. The largest absolute Gasteiger partial charge is 0.863 e. The zero-order chi connectivity index (χ0) is 24.7. The molecule has 1 aromatic carbocycles. The molecule has 15 heteroatoms. The second-order valence-corrected chi connectivity index (χ2v) is 6.83. The average Bonchev–Trinajstić information content (AvgIpc) is 3.00. The minimum atomic E-state index is -1.46. The lowest BCUT2D eigenvalue weighted by atomic mass is 10.2. The van der Waals surface area contributed by atoms with Gasteiger partial charge >= 0.3 is 0 Å². The summed E-state index contributed by atoms with van der Waals surface area (Å²) >= 11 is 0. The van der Waals surface area contributed by atoms with Crippen molar-refractivity contribution < 1.29 is 34.1 Å². The topological polar surface area (TPSA) is 212 Å². The number of rotatable bonds is 7. The Morgan fingerprint density at radius 2 is 1.59 bits per heavy atom. The lowest BCUT2D eigenvalue weighted by molar-refractivity contribution is -0.875. The molecule has 0 saturated carbocycles. The second-order valence-electron chi connectivity index (χ2n) is 6.83. The van der Waals surface area contributed by atoms with Gasteiger partial charge in [0.2, 0.25) is 5.88 Å². The van der Waals surface area contributed by atoms with Gasteiger partial charge in [0.1, 0.15) is 0 Å². The summed E-state index contributed by atoms with van der Waals surface area (Å²) < 4.78 is 5.05. The molecule has 1 heterocycles. The van der Waals surface area contributed by atoms with Crippen molar-refractivity contribution in [2.45, 2.75) is 33.2 Å². The number of likely N-dealkylation sites (N-methyl/N-ethyl adjacent to an activating group) is 1. The molecule has 1 atom stereocenters. The van der Waals surface area contributed by atoms with Crippen molar-refractivity contribution in [2.75, 3.05) is 19.4 Å². The average molecular weight is 454 g/mol. The maximum Gasteiger partial charge on any atom is 0.285 e. The van der Waals surface area contributed by atoms with Gasteiger partial charge in [-0.1, -0.05) is 12.1 Å². The number of non-ortho nitro benzene ring substituents is 1. The molecule has 0 aliphatic carbocycles. The summed E-state index contributed by atoms with van der Waals surface area (Å²) in [7, 11) is 3.93. The quantitative estimate of drug-likeness (QED) is 0.440. The van der Waals surface area contributed by atoms with Gasteiger partial charge in [-0.05, 0) is 13.8 Å². The smallest absolute Gasteiger partial charge is 0.285 e. The second kappa shape index (κ2) is 10.8. The van der Waals surface area contributed by atoms with Crippen LogP contribution >= 0.6 is 0 Å². The fourth-order valence-corrected chi connectivity index (χ4v) is 2.55. The van der Waals surface area contributed by atoms with Crippen LogP contribution in [0.4, 0.5) is 22.9 Å². The molecule has 0 aliphatic rings. The molecule has 15 nitrogen and oxygen atoms in total. The van der Waals surface area contributed by atoms with Gasteiger partial charge < -0.3 is 14.5 Å². The number of nitrogens with one attached hydrogen (secondary N) is 2. The number of nitro groups is 3. The first-order valence-electron chi connectivity index (χ1n) is 9.13. The summed E-state index contributed by atoms with van der Waals surface area (Å²) in [5.41, 5.74) is -1.57. The van der Waals surface area contributed by atoms with E-state index in [4.69, 9.17) is 4.52 Å². The van der Waals surface area contributed by atoms with E-state index in [1.807, 2.05) is 34.9 Å². The fraction of sp³-hybridized carbons (Fsp3) is 0.412. The molecule has 0 bridgehead atoms. The third-order valence-electron chi connectivity index (χ3n) is 4.45. The molecule has 1 amide bonds. The number of hydrogen-bond donors (Lipinski definition) is 2. The third kappa shape index (κ3) is 6.18. The lowest BCUT2D eigenvalue weighted by Crippen LogP contribution is -3.11. The molecule has 1 unspecified atom stereocenters. The molecule has 0 saturated heterocycles. The molecule has 0 fully saturated rings. The van der Waals surface area contributed by atoms with Crippen molar-refractivity contribution in [3.05, 3.63) is 53.7 Å². The summed E-state index contributed by atoms with van der Waals surface area (Å²) in [6.45, 7) is 5.73. The number of nitrogens with zero attached hydrogens (tertiary/aromatic N) is 4. The van der Waals surface area contributed by atoms with Crippen molar-refractivity contribution in [3.63, 3.8) is 0 Å². The highest BCUT2D eigenvalue weighted by Crippen LogP contribution is 2.36. The minimum absolute atomic E-state index is 0.0262. The predicted octanol–water partition coefficient (Wildman–Crippen LogP) is 0.638. The molecular formula is C17H22N6O9. The number of carbonyl (C=O) groups is 1. The number of aromatic nitrogens is 1. The van der Waals surface area contributed by atoms with E-state index in [0.29, 0.717) is 18.0 Å². The number of nitro benzene ring substituents is 3. The number of hydrogen-bond acceptors (Lipinski definition) is 10. The van der Waals surface area contributed by atoms with E-state index in [1.165, 1.54) is 0 Å². The van der Waals surface area contributed by atoms with E-state index in [9.17, 15) is 40.2 Å². The van der Waals surface area contributed by atoms with Crippen molar-refractivity contribution >= 4 is 28.9 Å². The molecule has 174 valence electrons. The van der Waals surface area contributed by atoms with Crippen LogP contribution in [0.3, 0.4) is 0 Å². The van der Waals surface area contributed by atoms with Crippen LogP contribution in [0.1, 0.15) is 24.6 Å². The van der Waals surface area contributed by atoms with E-state index in [2.05, 4.69) is 10.5 Å². The Labute approximate surface area is 181 Å². The molecule has 2 N–H and O–H groups in total. The Hall–Kier alpha value is -4.14. The van der Waals surface area contributed by atoms with Gasteiger partial charge in [0, 0.05) is 12.0 Å². The van der Waals surface area contributed by atoms with Crippen molar-refractivity contribution in [1.29, 1.82) is 0 Å². The summed E-state index contributed by atoms with van der Waals surface area (Å²) in [6, 6.07) is 0.704. The van der Waals surface area contributed by atoms with Crippen LogP contribution in [0, 0.1) is 44.2 Å². The van der Waals surface area contributed by atoms with Gasteiger partial charge in [-0.15, -0.1) is 0 Å². The Morgan fingerprint density at radius 3 is 1.91 bits per heavy atom. The Kier molecular flexibility index (Phi) is 8.71. The normalized spacial score (nSPS) is 11.3. The van der Waals surface area contributed by atoms with Crippen LogP contribution in [0.25, 0.3) is 0 Å². The maximum atomic E-state index is 11.9. The molecule has 0 spiro atoms. The van der Waals surface area contributed by atoms with E-state index in [-0.39, 0.29) is 11.9 Å². The van der Waals surface area contributed by atoms with Crippen LogP contribution in [0.5, 0.6) is 5.75 Å². The van der Waals surface area contributed by atoms with Crippen LogP contribution < -0.4 is 15.3 Å². The highest BCUT2D eigenvalue weighted by atomic mass is 16.6. The number of anilines is 1. The van der Waals surface area contributed by atoms with Crippen molar-refractivity contribution in [1.82, 2.24) is 5.16 Å². The van der Waals surface area contributed by atoms with Crippen LogP contribution in [0.15, 0.2) is 16.7 Å². The molecule has 1 aromatic heterocycles. The van der Waals surface area contributed by atoms with Crippen LogP contribution in [-0.2, 0) is 4.79 Å². The van der Waals surface area contributed by atoms with Gasteiger partial charge in [0.05, 0.1) is 52.4 Å². The van der Waals surface area contributed by atoms with Gasteiger partial charge in [0.15, 0.2) is 6.04 Å². The van der Waals surface area contributed by atoms with Gasteiger partial charge in [-0.2, -0.15) is 0 Å². The highest BCUT2D eigenvalue weighted by Gasteiger charge is 2.25. The minimum Gasteiger partial charge on any atom is -0.863 e.